The monoisotopic (exact) mass is 484 g/mol. The Bertz CT molecular complexity index is 1220. The fraction of sp³-hybridized carbons (Fsp3) is 0.286. The third-order valence-corrected chi connectivity index (χ3v) is 7.01. The average Bonchev–Trinajstić information content (AvgIpc) is 3.16. The second-order valence-electron chi connectivity index (χ2n) is 7.15. The van der Waals surface area contributed by atoms with Gasteiger partial charge in [0.25, 0.3) is 0 Å². The SMILES string of the molecule is Cl.NC/C=C(\F)Cn1cnc2c(-c3ccc(S(=O)(=O)C4CNCCO4)cc3)cc(F)cc21. The van der Waals surface area contributed by atoms with Gasteiger partial charge in [0.2, 0.25) is 9.84 Å². The lowest BCUT2D eigenvalue weighted by molar-refractivity contribution is 0.0785. The fourth-order valence-electron chi connectivity index (χ4n) is 3.55. The van der Waals surface area contributed by atoms with E-state index in [4.69, 9.17) is 10.5 Å². The molecule has 0 radical (unpaired) electrons. The lowest BCUT2D eigenvalue weighted by Crippen LogP contribution is -2.42. The number of halogens is 3. The van der Waals surface area contributed by atoms with Crippen molar-refractivity contribution in [3.05, 3.63) is 60.4 Å². The van der Waals surface area contributed by atoms with Crippen molar-refractivity contribution in [3.8, 4) is 11.1 Å². The standard InChI is InChI=1S/C21H22F2N4O3S.ClH/c22-15(5-6-24)12-27-13-26-21-18(9-16(23)10-19(21)27)14-1-3-17(4-2-14)31(28,29)20-11-25-7-8-30-20;/h1-5,9-10,13,20,25H,6-8,11-12,24H2;1H/b15-5-;. The molecular formula is C21H23ClF2N4O3S. The molecule has 2 aromatic carbocycles. The van der Waals surface area contributed by atoms with E-state index >= 15 is 0 Å². The number of imidazole rings is 1. The van der Waals surface area contributed by atoms with Crippen molar-refractivity contribution in [3.63, 3.8) is 0 Å². The summed E-state index contributed by atoms with van der Waals surface area (Å²) >= 11 is 0. The molecule has 2 heterocycles. The summed E-state index contributed by atoms with van der Waals surface area (Å²) in [5.74, 6) is -0.951. The first-order chi connectivity index (χ1) is 14.9. The molecule has 1 aromatic heterocycles. The molecule has 3 aromatic rings. The number of nitrogens with two attached hydrogens (primary N) is 1. The first-order valence-corrected chi connectivity index (χ1v) is 11.3. The largest absolute Gasteiger partial charge is 0.359 e. The van der Waals surface area contributed by atoms with E-state index < -0.39 is 26.9 Å². The molecule has 1 saturated heterocycles. The smallest absolute Gasteiger partial charge is 0.206 e. The van der Waals surface area contributed by atoms with E-state index in [0.29, 0.717) is 35.3 Å². The molecule has 11 heteroatoms. The van der Waals surface area contributed by atoms with E-state index in [1.165, 1.54) is 41.2 Å². The Hall–Kier alpha value is -2.37. The predicted molar refractivity (Wildman–Crippen MR) is 120 cm³/mol. The summed E-state index contributed by atoms with van der Waals surface area (Å²) in [6, 6.07) is 8.76. The van der Waals surface area contributed by atoms with Gasteiger partial charge >= 0.3 is 0 Å². The number of nitrogens with one attached hydrogen (secondary N) is 1. The van der Waals surface area contributed by atoms with Gasteiger partial charge < -0.3 is 20.4 Å². The first kappa shape index (κ1) is 24.3. The minimum atomic E-state index is -3.66. The Morgan fingerprint density at radius 1 is 1.31 bits per heavy atom. The second-order valence-corrected chi connectivity index (χ2v) is 9.24. The highest BCUT2D eigenvalue weighted by Crippen LogP contribution is 2.31. The van der Waals surface area contributed by atoms with Crippen molar-refractivity contribution in [2.75, 3.05) is 26.2 Å². The summed E-state index contributed by atoms with van der Waals surface area (Å²) in [6.45, 7) is 1.12. The van der Waals surface area contributed by atoms with Crippen molar-refractivity contribution >= 4 is 33.3 Å². The Labute approximate surface area is 190 Å². The molecule has 1 aliphatic rings. The molecule has 1 aliphatic heterocycles. The predicted octanol–water partition coefficient (Wildman–Crippen LogP) is 2.80. The van der Waals surface area contributed by atoms with Crippen molar-refractivity contribution < 1.29 is 21.9 Å². The van der Waals surface area contributed by atoms with Crippen molar-refractivity contribution in [1.29, 1.82) is 0 Å². The summed E-state index contributed by atoms with van der Waals surface area (Å²) in [5, 5.41) is 3.00. The summed E-state index contributed by atoms with van der Waals surface area (Å²) in [6.07, 6.45) is 2.68. The van der Waals surface area contributed by atoms with Crippen LogP contribution in [0.2, 0.25) is 0 Å². The second kappa shape index (κ2) is 10.1. The highest BCUT2D eigenvalue weighted by Gasteiger charge is 2.30. The number of rotatable bonds is 6. The number of ether oxygens (including phenoxy) is 1. The van der Waals surface area contributed by atoms with E-state index in [9.17, 15) is 17.2 Å². The Kier molecular flexibility index (Phi) is 7.63. The van der Waals surface area contributed by atoms with Gasteiger partial charge in [0.05, 0.1) is 35.4 Å². The number of aromatic nitrogens is 2. The zero-order valence-corrected chi connectivity index (χ0v) is 18.6. The van der Waals surface area contributed by atoms with Crippen LogP contribution in [-0.2, 0) is 21.1 Å². The number of benzene rings is 2. The van der Waals surface area contributed by atoms with E-state index in [0.717, 1.165) is 0 Å². The highest BCUT2D eigenvalue weighted by atomic mass is 35.5. The molecular weight excluding hydrogens is 462 g/mol. The maximum atomic E-state index is 14.3. The number of nitrogens with zero attached hydrogens (tertiary/aromatic N) is 2. The zero-order chi connectivity index (χ0) is 22.0. The summed E-state index contributed by atoms with van der Waals surface area (Å²) in [7, 11) is -3.66. The van der Waals surface area contributed by atoms with Gasteiger partial charge in [-0.3, -0.25) is 0 Å². The summed E-state index contributed by atoms with van der Waals surface area (Å²) in [4.78, 5) is 4.44. The number of sulfone groups is 1. The molecule has 3 N–H and O–H groups in total. The number of hydrogen-bond donors (Lipinski definition) is 2. The molecule has 7 nitrogen and oxygen atoms in total. The molecule has 172 valence electrons. The van der Waals surface area contributed by atoms with Crippen LogP contribution in [0.15, 0.2) is 59.5 Å². The van der Waals surface area contributed by atoms with Gasteiger partial charge in [0.1, 0.15) is 11.6 Å². The lowest BCUT2D eigenvalue weighted by atomic mass is 10.0. The van der Waals surface area contributed by atoms with Crippen molar-refractivity contribution in [2.24, 2.45) is 5.73 Å². The van der Waals surface area contributed by atoms with Gasteiger partial charge in [-0.1, -0.05) is 12.1 Å². The maximum Gasteiger partial charge on any atom is 0.206 e. The van der Waals surface area contributed by atoms with Crippen LogP contribution >= 0.6 is 12.4 Å². The highest BCUT2D eigenvalue weighted by molar-refractivity contribution is 7.92. The third kappa shape index (κ3) is 4.84. The van der Waals surface area contributed by atoms with Crippen LogP contribution in [0.4, 0.5) is 8.78 Å². The average molecular weight is 485 g/mol. The van der Waals surface area contributed by atoms with Crippen LogP contribution in [0.3, 0.4) is 0 Å². The molecule has 0 bridgehead atoms. The molecule has 0 amide bonds. The number of fused-ring (bicyclic) bond motifs is 1. The zero-order valence-electron chi connectivity index (χ0n) is 17.0. The van der Waals surface area contributed by atoms with Crippen LogP contribution in [-0.4, -0.2) is 49.6 Å². The molecule has 32 heavy (non-hydrogen) atoms. The topological polar surface area (TPSA) is 99.2 Å². The minimum Gasteiger partial charge on any atom is -0.359 e. The molecule has 4 rings (SSSR count). The maximum absolute atomic E-state index is 14.3. The molecule has 1 fully saturated rings. The lowest BCUT2D eigenvalue weighted by Gasteiger charge is -2.23. The van der Waals surface area contributed by atoms with E-state index in [-0.39, 0.29) is 36.9 Å². The van der Waals surface area contributed by atoms with Gasteiger partial charge in [-0.15, -0.1) is 12.4 Å². The van der Waals surface area contributed by atoms with Crippen LogP contribution in [0, 0.1) is 5.82 Å². The normalized spacial score (nSPS) is 17.3. The van der Waals surface area contributed by atoms with Gasteiger partial charge in [-0.2, -0.15) is 0 Å². The van der Waals surface area contributed by atoms with E-state index in [2.05, 4.69) is 10.3 Å². The number of hydrogen-bond acceptors (Lipinski definition) is 6. The molecule has 1 atom stereocenters. The Balaban J connectivity index is 0.00000289. The first-order valence-electron chi connectivity index (χ1n) is 9.76. The Morgan fingerprint density at radius 2 is 2.06 bits per heavy atom. The van der Waals surface area contributed by atoms with Gasteiger partial charge in [0.15, 0.2) is 5.44 Å². The number of allylic oxidation sites excluding steroid dienone is 1. The molecule has 0 aliphatic carbocycles. The number of morpholine rings is 1. The molecule has 0 saturated carbocycles. The van der Waals surface area contributed by atoms with Gasteiger partial charge in [0, 0.05) is 25.2 Å². The van der Waals surface area contributed by atoms with E-state index in [1.807, 2.05) is 0 Å². The summed E-state index contributed by atoms with van der Waals surface area (Å²) < 4.78 is 60.7. The molecule has 1 unspecified atom stereocenters. The third-order valence-electron chi connectivity index (χ3n) is 5.08. The van der Waals surface area contributed by atoms with Gasteiger partial charge in [-0.05, 0) is 35.9 Å². The minimum absolute atomic E-state index is 0. The van der Waals surface area contributed by atoms with E-state index in [1.54, 1.807) is 12.1 Å². The summed E-state index contributed by atoms with van der Waals surface area (Å²) in [5.41, 5.74) is 6.37. The van der Waals surface area contributed by atoms with Crippen LogP contribution in [0.25, 0.3) is 22.2 Å². The quantitative estimate of drug-likeness (QED) is 0.558. The van der Waals surface area contributed by atoms with Crippen molar-refractivity contribution in [2.45, 2.75) is 16.9 Å². The molecule has 0 spiro atoms. The van der Waals surface area contributed by atoms with Crippen LogP contribution in [0.1, 0.15) is 0 Å². The Morgan fingerprint density at radius 3 is 2.72 bits per heavy atom. The van der Waals surface area contributed by atoms with Crippen molar-refractivity contribution in [1.82, 2.24) is 14.9 Å². The van der Waals surface area contributed by atoms with Crippen LogP contribution < -0.4 is 11.1 Å². The fourth-order valence-corrected chi connectivity index (χ4v) is 4.98. The van der Waals surface area contributed by atoms with Crippen LogP contribution in [0.5, 0.6) is 0 Å². The van der Waals surface area contributed by atoms with Gasteiger partial charge in [-0.25, -0.2) is 22.2 Å².